The highest BCUT2D eigenvalue weighted by Crippen LogP contribution is 2.30. The van der Waals surface area contributed by atoms with Crippen LogP contribution in [0.3, 0.4) is 0 Å². The fraction of sp³-hybridized carbons (Fsp3) is 0.381. The van der Waals surface area contributed by atoms with Crippen molar-refractivity contribution >= 4 is 16.8 Å². The van der Waals surface area contributed by atoms with E-state index >= 15 is 0 Å². The molecule has 1 aliphatic rings. The highest BCUT2D eigenvalue weighted by Gasteiger charge is 2.30. The third kappa shape index (κ3) is 3.45. The molecule has 1 aromatic carbocycles. The van der Waals surface area contributed by atoms with Gasteiger partial charge in [-0.3, -0.25) is 4.79 Å². The Labute approximate surface area is 154 Å². The number of aliphatic hydroxyl groups excluding tert-OH is 1. The fourth-order valence-electron chi connectivity index (χ4n) is 3.89. The summed E-state index contributed by atoms with van der Waals surface area (Å²) < 4.78 is 2.01. The molecule has 3 rings (SSSR count). The van der Waals surface area contributed by atoms with E-state index in [0.29, 0.717) is 13.1 Å². The molecule has 0 aliphatic carbocycles. The minimum atomic E-state index is -0.551. The number of likely N-dealkylation sites (N-methyl/N-ethyl adjacent to an activating group) is 1. The van der Waals surface area contributed by atoms with E-state index in [1.807, 2.05) is 42.0 Å². The number of hydrogen-bond donors (Lipinski definition) is 2. The molecule has 5 heteroatoms. The van der Waals surface area contributed by atoms with Crippen LogP contribution in [0.4, 0.5) is 0 Å². The van der Waals surface area contributed by atoms with Gasteiger partial charge in [0.15, 0.2) is 0 Å². The van der Waals surface area contributed by atoms with Gasteiger partial charge >= 0.3 is 0 Å². The van der Waals surface area contributed by atoms with Crippen LogP contribution in [0.15, 0.2) is 49.6 Å². The van der Waals surface area contributed by atoms with Gasteiger partial charge in [0.05, 0.1) is 19.6 Å². The van der Waals surface area contributed by atoms with Crippen LogP contribution in [0, 0.1) is 0 Å². The summed E-state index contributed by atoms with van der Waals surface area (Å²) >= 11 is 0. The summed E-state index contributed by atoms with van der Waals surface area (Å²) in [4.78, 5) is 15.8. The van der Waals surface area contributed by atoms with E-state index in [9.17, 15) is 9.90 Å². The molecule has 2 heterocycles. The average Bonchev–Trinajstić information content (AvgIpc) is 2.93. The van der Waals surface area contributed by atoms with E-state index in [2.05, 4.69) is 19.2 Å². The molecule has 0 radical (unpaired) electrons. The SMILES string of the molecule is C=CC[NH+](CC=C)CC(O)Cn1c2c(c3ccccc31)CCN(C)C2=O. The average molecular weight is 354 g/mol. The zero-order valence-electron chi connectivity index (χ0n) is 15.4. The second-order valence-corrected chi connectivity index (χ2v) is 7.03. The third-order valence-electron chi connectivity index (χ3n) is 5.11. The van der Waals surface area contributed by atoms with Crippen LogP contribution in [-0.2, 0) is 13.0 Å². The van der Waals surface area contributed by atoms with Gasteiger partial charge in [0, 0.05) is 24.5 Å². The molecule has 5 nitrogen and oxygen atoms in total. The standard InChI is InChI=1S/C21H27N3O2/c1-4-11-23(12-5-2)14-16(25)15-24-19-9-7-6-8-17(19)18-10-13-22(3)21(26)20(18)24/h4-9,16,25H,1-2,10-15H2,3H3/p+1. The van der Waals surface area contributed by atoms with E-state index in [1.54, 1.807) is 4.90 Å². The Balaban J connectivity index is 1.93. The van der Waals surface area contributed by atoms with Crippen molar-refractivity contribution in [1.29, 1.82) is 0 Å². The Morgan fingerprint density at radius 1 is 1.27 bits per heavy atom. The first-order chi connectivity index (χ1) is 12.6. The number of nitrogens with zero attached hydrogens (tertiary/aromatic N) is 2. The molecular weight excluding hydrogens is 326 g/mol. The summed E-state index contributed by atoms with van der Waals surface area (Å²) in [6.45, 7) is 10.9. The minimum absolute atomic E-state index is 0.0380. The number of fused-ring (bicyclic) bond motifs is 3. The first-order valence-electron chi connectivity index (χ1n) is 9.15. The van der Waals surface area contributed by atoms with Crippen LogP contribution in [0.25, 0.3) is 10.9 Å². The summed E-state index contributed by atoms with van der Waals surface area (Å²) in [5.41, 5.74) is 2.86. The van der Waals surface area contributed by atoms with Crippen LogP contribution in [0.1, 0.15) is 16.1 Å². The Hall–Kier alpha value is -2.37. The summed E-state index contributed by atoms with van der Waals surface area (Å²) in [6, 6.07) is 8.10. The van der Waals surface area contributed by atoms with Crippen LogP contribution >= 0.6 is 0 Å². The van der Waals surface area contributed by atoms with Gasteiger partial charge in [0.1, 0.15) is 18.3 Å². The topological polar surface area (TPSA) is 49.9 Å². The number of hydrogen-bond acceptors (Lipinski definition) is 2. The van der Waals surface area contributed by atoms with E-state index in [-0.39, 0.29) is 5.91 Å². The monoisotopic (exact) mass is 354 g/mol. The zero-order chi connectivity index (χ0) is 18.7. The van der Waals surface area contributed by atoms with Crippen molar-refractivity contribution in [3.63, 3.8) is 0 Å². The van der Waals surface area contributed by atoms with Gasteiger partial charge in [-0.25, -0.2) is 0 Å². The van der Waals surface area contributed by atoms with Crippen LogP contribution in [-0.4, -0.2) is 59.8 Å². The van der Waals surface area contributed by atoms with Crippen molar-refractivity contribution in [3.05, 3.63) is 60.8 Å². The molecule has 0 fully saturated rings. The predicted molar refractivity (Wildman–Crippen MR) is 105 cm³/mol. The van der Waals surface area contributed by atoms with Crippen molar-refractivity contribution in [2.24, 2.45) is 0 Å². The van der Waals surface area contributed by atoms with E-state index in [1.165, 1.54) is 4.90 Å². The maximum atomic E-state index is 12.8. The Morgan fingerprint density at radius 2 is 1.96 bits per heavy atom. The molecule has 1 unspecified atom stereocenters. The Bertz CT molecular complexity index is 814. The number of benzene rings is 1. The molecule has 1 amide bonds. The maximum Gasteiger partial charge on any atom is 0.270 e. The van der Waals surface area contributed by atoms with Gasteiger partial charge in [-0.05, 0) is 30.2 Å². The lowest BCUT2D eigenvalue weighted by Crippen LogP contribution is -3.12. The molecule has 1 atom stereocenters. The molecule has 2 aromatic rings. The lowest BCUT2D eigenvalue weighted by molar-refractivity contribution is -0.891. The number of nitrogens with one attached hydrogen (secondary N) is 1. The number of quaternary nitrogens is 1. The third-order valence-corrected chi connectivity index (χ3v) is 5.11. The minimum Gasteiger partial charge on any atom is -0.385 e. The smallest absolute Gasteiger partial charge is 0.270 e. The molecule has 0 spiro atoms. The molecule has 1 aromatic heterocycles. The highest BCUT2D eigenvalue weighted by molar-refractivity contribution is 6.02. The van der Waals surface area contributed by atoms with E-state index in [0.717, 1.165) is 48.2 Å². The summed E-state index contributed by atoms with van der Waals surface area (Å²) in [6.07, 6.45) is 4.02. The lowest BCUT2D eigenvalue weighted by Gasteiger charge is -2.25. The summed E-state index contributed by atoms with van der Waals surface area (Å²) in [5, 5.41) is 11.8. The molecule has 0 saturated carbocycles. The molecular formula is C21H28N3O2+. The number of para-hydroxylation sites is 1. The van der Waals surface area contributed by atoms with Crippen molar-refractivity contribution in [2.45, 2.75) is 19.1 Å². The van der Waals surface area contributed by atoms with Gasteiger partial charge in [0.2, 0.25) is 0 Å². The van der Waals surface area contributed by atoms with Crippen LogP contribution < -0.4 is 4.90 Å². The number of carbonyl (C=O) groups excluding carboxylic acids is 1. The second kappa shape index (κ2) is 7.89. The molecule has 0 bridgehead atoms. The van der Waals surface area contributed by atoms with Gasteiger partial charge in [-0.15, -0.1) is 0 Å². The number of aliphatic hydroxyl groups is 1. The fourth-order valence-corrected chi connectivity index (χ4v) is 3.89. The predicted octanol–water partition coefficient (Wildman–Crippen LogP) is 0.887. The number of aromatic nitrogens is 1. The van der Waals surface area contributed by atoms with Gasteiger partial charge in [-0.2, -0.15) is 0 Å². The quantitative estimate of drug-likeness (QED) is 0.692. The molecule has 138 valence electrons. The van der Waals surface area contributed by atoms with Gasteiger partial charge < -0.3 is 19.5 Å². The second-order valence-electron chi connectivity index (χ2n) is 7.03. The van der Waals surface area contributed by atoms with Gasteiger partial charge in [-0.1, -0.05) is 31.4 Å². The van der Waals surface area contributed by atoms with Crippen molar-refractivity contribution in [2.75, 3.05) is 33.2 Å². The van der Waals surface area contributed by atoms with Crippen molar-refractivity contribution in [1.82, 2.24) is 9.47 Å². The normalized spacial score (nSPS) is 15.3. The molecule has 0 saturated heterocycles. The number of rotatable bonds is 8. The largest absolute Gasteiger partial charge is 0.385 e. The van der Waals surface area contributed by atoms with E-state index < -0.39 is 6.10 Å². The zero-order valence-corrected chi connectivity index (χ0v) is 15.4. The molecule has 2 N–H and O–H groups in total. The first kappa shape index (κ1) is 18.4. The summed E-state index contributed by atoms with van der Waals surface area (Å²) in [7, 11) is 1.84. The Kier molecular flexibility index (Phi) is 5.59. The molecule has 26 heavy (non-hydrogen) atoms. The van der Waals surface area contributed by atoms with Crippen molar-refractivity contribution < 1.29 is 14.8 Å². The number of carbonyl (C=O) groups is 1. The highest BCUT2D eigenvalue weighted by atomic mass is 16.3. The number of amides is 1. The van der Waals surface area contributed by atoms with Crippen molar-refractivity contribution in [3.8, 4) is 0 Å². The van der Waals surface area contributed by atoms with Crippen LogP contribution in [0.5, 0.6) is 0 Å². The first-order valence-corrected chi connectivity index (χ1v) is 9.15. The maximum absolute atomic E-state index is 12.8. The molecule has 1 aliphatic heterocycles. The lowest BCUT2D eigenvalue weighted by atomic mass is 10.0. The Morgan fingerprint density at radius 3 is 2.65 bits per heavy atom. The van der Waals surface area contributed by atoms with Crippen LogP contribution in [0.2, 0.25) is 0 Å². The van der Waals surface area contributed by atoms with Gasteiger partial charge in [0.25, 0.3) is 5.91 Å². The van der Waals surface area contributed by atoms with E-state index in [4.69, 9.17) is 0 Å². The summed E-state index contributed by atoms with van der Waals surface area (Å²) in [5.74, 6) is 0.0380.